The zero-order valence-corrected chi connectivity index (χ0v) is 6.32. The lowest BCUT2D eigenvalue weighted by molar-refractivity contribution is 0.273. The van der Waals surface area contributed by atoms with Gasteiger partial charge in [0.05, 0.1) is 18.9 Å². The Balaban J connectivity index is 2.74. The van der Waals surface area contributed by atoms with Crippen molar-refractivity contribution in [2.75, 3.05) is 6.61 Å². The normalized spacial score (nSPS) is 9.64. The minimum atomic E-state index is -0.0808. The van der Waals surface area contributed by atoms with Gasteiger partial charge in [-0.05, 0) is 6.92 Å². The van der Waals surface area contributed by atoms with Crippen molar-refractivity contribution in [2.45, 2.75) is 13.5 Å². The van der Waals surface area contributed by atoms with Crippen LogP contribution in [0.25, 0.3) is 0 Å². The van der Waals surface area contributed by atoms with E-state index in [0.717, 1.165) is 0 Å². The van der Waals surface area contributed by atoms with E-state index < -0.39 is 0 Å². The first-order valence-electron chi connectivity index (χ1n) is 3.41. The monoisotopic (exact) mass is 154 g/mol. The van der Waals surface area contributed by atoms with Crippen LogP contribution in [-0.4, -0.2) is 21.7 Å². The first-order chi connectivity index (χ1) is 5.36. The molecular formula is C7H10N2O2. The maximum Gasteiger partial charge on any atom is 0.216 e. The Morgan fingerprint density at radius 2 is 2.36 bits per heavy atom. The van der Waals surface area contributed by atoms with Crippen molar-refractivity contribution in [1.82, 2.24) is 9.97 Å². The summed E-state index contributed by atoms with van der Waals surface area (Å²) in [5, 5.41) is 8.68. The van der Waals surface area contributed by atoms with Crippen LogP contribution in [0.2, 0.25) is 0 Å². The Kier molecular flexibility index (Phi) is 2.80. The molecule has 1 heterocycles. The lowest BCUT2D eigenvalue weighted by Crippen LogP contribution is -1.97. The zero-order chi connectivity index (χ0) is 8.10. The second-order valence-electron chi connectivity index (χ2n) is 1.94. The molecule has 1 N–H and O–H groups in total. The Morgan fingerprint density at radius 1 is 1.55 bits per heavy atom. The number of aromatic nitrogens is 2. The molecule has 0 radical (unpaired) electrons. The van der Waals surface area contributed by atoms with Crippen molar-refractivity contribution in [3.63, 3.8) is 0 Å². The van der Waals surface area contributed by atoms with Gasteiger partial charge in [0.25, 0.3) is 0 Å². The lowest BCUT2D eigenvalue weighted by atomic mass is 10.4. The molecule has 0 bridgehead atoms. The topological polar surface area (TPSA) is 55.2 Å². The molecule has 0 fully saturated rings. The van der Waals surface area contributed by atoms with Gasteiger partial charge in [0.15, 0.2) is 0 Å². The second-order valence-corrected chi connectivity index (χ2v) is 1.94. The minimum absolute atomic E-state index is 0.0808. The Hall–Kier alpha value is -1.16. The van der Waals surface area contributed by atoms with Crippen LogP contribution in [0.1, 0.15) is 12.6 Å². The number of rotatable bonds is 3. The molecule has 0 spiro atoms. The predicted octanol–water partition coefficient (Wildman–Crippen LogP) is 0.368. The molecule has 60 valence electrons. The third-order valence-corrected chi connectivity index (χ3v) is 1.15. The standard InChI is InChI=1S/C7H10N2O2/c1-2-11-7-3-6(4-10)8-5-9-7/h3,5,10H,2,4H2,1H3. The smallest absolute Gasteiger partial charge is 0.216 e. The maximum atomic E-state index is 8.68. The molecule has 0 amide bonds. The summed E-state index contributed by atoms with van der Waals surface area (Å²) in [4.78, 5) is 7.63. The average molecular weight is 154 g/mol. The summed E-state index contributed by atoms with van der Waals surface area (Å²) in [5.41, 5.74) is 0.573. The van der Waals surface area contributed by atoms with Crippen molar-refractivity contribution in [3.8, 4) is 5.88 Å². The second kappa shape index (κ2) is 3.88. The molecule has 11 heavy (non-hydrogen) atoms. The van der Waals surface area contributed by atoms with Crippen LogP contribution in [0.5, 0.6) is 5.88 Å². The predicted molar refractivity (Wildman–Crippen MR) is 39.1 cm³/mol. The highest BCUT2D eigenvalue weighted by atomic mass is 16.5. The van der Waals surface area contributed by atoms with E-state index >= 15 is 0 Å². The van der Waals surface area contributed by atoms with Crippen LogP contribution in [0.4, 0.5) is 0 Å². The number of hydrogen-bond donors (Lipinski definition) is 1. The quantitative estimate of drug-likeness (QED) is 0.683. The third kappa shape index (κ3) is 2.16. The SMILES string of the molecule is CCOc1cc(CO)ncn1. The number of ether oxygens (including phenoxy) is 1. The van der Waals surface area contributed by atoms with E-state index in [9.17, 15) is 0 Å². The van der Waals surface area contributed by atoms with E-state index in [2.05, 4.69) is 9.97 Å². The Bertz CT molecular complexity index is 227. The highest BCUT2D eigenvalue weighted by Gasteiger charge is 1.95. The van der Waals surface area contributed by atoms with Gasteiger partial charge in [-0.15, -0.1) is 0 Å². The van der Waals surface area contributed by atoms with Gasteiger partial charge in [0.1, 0.15) is 6.33 Å². The number of nitrogens with zero attached hydrogens (tertiary/aromatic N) is 2. The summed E-state index contributed by atoms with van der Waals surface area (Å²) in [6.07, 6.45) is 1.37. The molecule has 4 heteroatoms. The lowest BCUT2D eigenvalue weighted by Gasteiger charge is -2.00. The van der Waals surface area contributed by atoms with Gasteiger partial charge < -0.3 is 9.84 Å². The summed E-state index contributed by atoms with van der Waals surface area (Å²) < 4.78 is 5.09. The molecule has 0 saturated heterocycles. The fourth-order valence-electron chi connectivity index (χ4n) is 0.690. The van der Waals surface area contributed by atoms with E-state index in [0.29, 0.717) is 18.2 Å². The summed E-state index contributed by atoms with van der Waals surface area (Å²) >= 11 is 0. The average Bonchev–Trinajstić information content (AvgIpc) is 2.06. The Labute approximate surface area is 64.9 Å². The summed E-state index contributed by atoms with van der Waals surface area (Å²) in [7, 11) is 0. The molecule has 0 unspecified atom stereocenters. The molecule has 1 aromatic heterocycles. The molecule has 1 aromatic rings. The third-order valence-electron chi connectivity index (χ3n) is 1.15. The van der Waals surface area contributed by atoms with Gasteiger partial charge in [0.2, 0.25) is 5.88 Å². The molecule has 0 aliphatic carbocycles. The fraction of sp³-hybridized carbons (Fsp3) is 0.429. The maximum absolute atomic E-state index is 8.68. The van der Waals surface area contributed by atoms with Crippen molar-refractivity contribution in [1.29, 1.82) is 0 Å². The van der Waals surface area contributed by atoms with Gasteiger partial charge in [-0.1, -0.05) is 0 Å². The van der Waals surface area contributed by atoms with Crippen molar-refractivity contribution in [2.24, 2.45) is 0 Å². The van der Waals surface area contributed by atoms with Gasteiger partial charge in [0, 0.05) is 6.07 Å². The highest BCUT2D eigenvalue weighted by Crippen LogP contribution is 2.05. The number of hydrogen-bond acceptors (Lipinski definition) is 4. The van der Waals surface area contributed by atoms with E-state index in [1.165, 1.54) is 6.33 Å². The van der Waals surface area contributed by atoms with Gasteiger partial charge in [-0.25, -0.2) is 9.97 Å². The molecule has 0 aromatic carbocycles. The number of aliphatic hydroxyl groups excluding tert-OH is 1. The minimum Gasteiger partial charge on any atom is -0.478 e. The summed E-state index contributed by atoms with van der Waals surface area (Å²) in [5.74, 6) is 0.506. The van der Waals surface area contributed by atoms with Crippen LogP contribution in [-0.2, 0) is 6.61 Å². The van der Waals surface area contributed by atoms with Crippen LogP contribution in [0.3, 0.4) is 0 Å². The molecular weight excluding hydrogens is 144 g/mol. The molecule has 4 nitrogen and oxygen atoms in total. The molecule has 1 rings (SSSR count). The highest BCUT2D eigenvalue weighted by molar-refractivity contribution is 5.12. The summed E-state index contributed by atoms with van der Waals surface area (Å²) in [6, 6.07) is 1.61. The Morgan fingerprint density at radius 3 is 3.00 bits per heavy atom. The van der Waals surface area contributed by atoms with Crippen LogP contribution in [0.15, 0.2) is 12.4 Å². The largest absolute Gasteiger partial charge is 0.478 e. The van der Waals surface area contributed by atoms with Crippen LogP contribution >= 0.6 is 0 Å². The van der Waals surface area contributed by atoms with E-state index in [4.69, 9.17) is 9.84 Å². The van der Waals surface area contributed by atoms with Gasteiger partial charge >= 0.3 is 0 Å². The van der Waals surface area contributed by atoms with Gasteiger partial charge in [-0.3, -0.25) is 0 Å². The number of aliphatic hydroxyl groups is 1. The van der Waals surface area contributed by atoms with Crippen LogP contribution in [0, 0.1) is 0 Å². The van der Waals surface area contributed by atoms with E-state index in [-0.39, 0.29) is 6.61 Å². The van der Waals surface area contributed by atoms with Crippen molar-refractivity contribution in [3.05, 3.63) is 18.1 Å². The van der Waals surface area contributed by atoms with E-state index in [1.54, 1.807) is 6.07 Å². The van der Waals surface area contributed by atoms with Crippen LogP contribution < -0.4 is 4.74 Å². The van der Waals surface area contributed by atoms with Crippen molar-refractivity contribution < 1.29 is 9.84 Å². The first-order valence-corrected chi connectivity index (χ1v) is 3.41. The van der Waals surface area contributed by atoms with Crippen molar-refractivity contribution >= 4 is 0 Å². The first kappa shape index (κ1) is 7.94. The fourth-order valence-corrected chi connectivity index (χ4v) is 0.690. The molecule has 0 saturated carbocycles. The molecule has 0 aliphatic heterocycles. The molecule has 0 atom stereocenters. The van der Waals surface area contributed by atoms with Gasteiger partial charge in [-0.2, -0.15) is 0 Å². The zero-order valence-electron chi connectivity index (χ0n) is 6.32. The van der Waals surface area contributed by atoms with E-state index in [1.807, 2.05) is 6.92 Å². The summed E-state index contributed by atoms with van der Waals surface area (Å²) in [6.45, 7) is 2.37. The molecule has 0 aliphatic rings.